The Labute approximate surface area is 110 Å². The summed E-state index contributed by atoms with van der Waals surface area (Å²) in [4.78, 5) is 21.5. The summed E-state index contributed by atoms with van der Waals surface area (Å²) < 4.78 is 0. The van der Waals surface area contributed by atoms with Gasteiger partial charge >= 0.3 is 0 Å². The van der Waals surface area contributed by atoms with Gasteiger partial charge in [0.2, 0.25) is 5.91 Å². The van der Waals surface area contributed by atoms with Crippen LogP contribution in [0.4, 0.5) is 11.4 Å². The van der Waals surface area contributed by atoms with Crippen molar-refractivity contribution >= 4 is 17.3 Å². The molecule has 19 heavy (non-hydrogen) atoms. The Morgan fingerprint density at radius 1 is 1.11 bits per heavy atom. The summed E-state index contributed by atoms with van der Waals surface area (Å²) >= 11 is 0. The lowest BCUT2D eigenvalue weighted by Crippen LogP contribution is -2.08. The quantitative estimate of drug-likeness (QED) is 0.677. The molecule has 0 aliphatic heterocycles. The van der Waals surface area contributed by atoms with Crippen molar-refractivity contribution in [2.75, 3.05) is 5.32 Å². The first-order valence-electron chi connectivity index (χ1n) is 5.69. The Morgan fingerprint density at radius 3 is 2.37 bits per heavy atom. The third-order valence-corrected chi connectivity index (χ3v) is 2.61. The maximum absolute atomic E-state index is 11.0. The normalized spacial score (nSPS) is 9.95. The van der Waals surface area contributed by atoms with Gasteiger partial charge in [-0.3, -0.25) is 14.9 Å². The van der Waals surface area contributed by atoms with E-state index in [1.807, 2.05) is 30.3 Å². The molecule has 0 heterocycles. The minimum atomic E-state index is -0.502. The molecule has 2 rings (SSSR count). The van der Waals surface area contributed by atoms with Crippen molar-refractivity contribution in [2.45, 2.75) is 6.92 Å². The van der Waals surface area contributed by atoms with Crippen LogP contribution in [0.15, 0.2) is 48.5 Å². The summed E-state index contributed by atoms with van der Waals surface area (Å²) in [6.07, 6.45) is 0. The minimum absolute atomic E-state index is 0.114. The average molecular weight is 256 g/mol. The molecule has 2 aromatic rings. The molecule has 0 aliphatic rings. The lowest BCUT2D eigenvalue weighted by atomic mass is 10.0. The van der Waals surface area contributed by atoms with Gasteiger partial charge in [-0.25, -0.2) is 0 Å². The van der Waals surface area contributed by atoms with E-state index in [2.05, 4.69) is 5.32 Å². The van der Waals surface area contributed by atoms with Gasteiger partial charge in [-0.15, -0.1) is 0 Å². The van der Waals surface area contributed by atoms with E-state index in [1.165, 1.54) is 13.0 Å². The lowest BCUT2D eigenvalue weighted by Gasteiger charge is -2.06. The van der Waals surface area contributed by atoms with Gasteiger partial charge < -0.3 is 5.32 Å². The highest BCUT2D eigenvalue weighted by molar-refractivity contribution is 5.92. The second-order valence-electron chi connectivity index (χ2n) is 4.04. The smallest absolute Gasteiger partial charge is 0.293 e. The molecule has 5 heteroatoms. The Morgan fingerprint density at radius 2 is 1.79 bits per heavy atom. The molecule has 2 aromatic carbocycles. The molecule has 0 atom stereocenters. The van der Waals surface area contributed by atoms with Crippen molar-refractivity contribution < 1.29 is 9.72 Å². The number of rotatable bonds is 3. The van der Waals surface area contributed by atoms with E-state index in [-0.39, 0.29) is 17.3 Å². The van der Waals surface area contributed by atoms with Crippen molar-refractivity contribution in [3.63, 3.8) is 0 Å². The van der Waals surface area contributed by atoms with Gasteiger partial charge in [0.25, 0.3) is 5.69 Å². The average Bonchev–Trinajstić information content (AvgIpc) is 2.39. The van der Waals surface area contributed by atoms with E-state index < -0.39 is 4.92 Å². The van der Waals surface area contributed by atoms with E-state index in [9.17, 15) is 14.9 Å². The molecule has 0 aliphatic carbocycles. The van der Waals surface area contributed by atoms with Gasteiger partial charge in [0.05, 0.1) is 4.92 Å². The molecule has 0 saturated heterocycles. The van der Waals surface area contributed by atoms with Crippen LogP contribution in [0.2, 0.25) is 0 Å². The molecule has 0 radical (unpaired) electrons. The maximum atomic E-state index is 11.0. The summed E-state index contributed by atoms with van der Waals surface area (Å²) in [7, 11) is 0. The van der Waals surface area contributed by atoms with Crippen molar-refractivity contribution in [3.05, 3.63) is 58.6 Å². The van der Waals surface area contributed by atoms with Gasteiger partial charge in [0, 0.05) is 13.0 Å². The summed E-state index contributed by atoms with van der Waals surface area (Å²) in [5.41, 5.74) is 1.72. The first-order valence-corrected chi connectivity index (χ1v) is 5.69. The van der Waals surface area contributed by atoms with E-state index in [0.29, 0.717) is 0 Å². The fourth-order valence-corrected chi connectivity index (χ4v) is 1.79. The molecule has 1 N–H and O–H groups in total. The number of hydrogen-bond acceptors (Lipinski definition) is 3. The molecule has 0 bridgehead atoms. The third-order valence-electron chi connectivity index (χ3n) is 2.61. The van der Waals surface area contributed by atoms with Crippen molar-refractivity contribution in [1.82, 2.24) is 0 Å². The molecule has 0 spiro atoms. The van der Waals surface area contributed by atoms with Crippen LogP contribution in [-0.4, -0.2) is 10.8 Å². The van der Waals surface area contributed by atoms with Crippen LogP contribution in [0.5, 0.6) is 0 Å². The van der Waals surface area contributed by atoms with Crippen LogP contribution >= 0.6 is 0 Å². The molecule has 0 saturated carbocycles. The molecular weight excluding hydrogens is 244 g/mol. The maximum Gasteiger partial charge on any atom is 0.293 e. The standard InChI is InChI=1S/C14H12N2O3/c1-10(17)15-13-8-7-12(9-14(13)16(18)19)11-5-3-2-4-6-11/h2-9H,1H3,(H,15,17). The van der Waals surface area contributed by atoms with Crippen LogP contribution in [0.25, 0.3) is 11.1 Å². The number of benzene rings is 2. The zero-order chi connectivity index (χ0) is 13.8. The fraction of sp³-hybridized carbons (Fsp3) is 0.0714. The van der Waals surface area contributed by atoms with Gasteiger partial charge in [0.1, 0.15) is 5.69 Å². The van der Waals surface area contributed by atoms with E-state index in [1.54, 1.807) is 12.1 Å². The Bertz CT molecular complexity index is 624. The number of carbonyl (C=O) groups is 1. The topological polar surface area (TPSA) is 72.2 Å². The predicted octanol–water partition coefficient (Wildman–Crippen LogP) is 3.22. The highest BCUT2D eigenvalue weighted by atomic mass is 16.6. The van der Waals surface area contributed by atoms with Gasteiger partial charge in [-0.05, 0) is 17.2 Å². The number of nitro groups is 1. The van der Waals surface area contributed by atoms with Crippen molar-refractivity contribution in [1.29, 1.82) is 0 Å². The Kier molecular flexibility index (Phi) is 3.56. The van der Waals surface area contributed by atoms with Gasteiger partial charge in [0.15, 0.2) is 0 Å². The van der Waals surface area contributed by atoms with E-state index in [0.717, 1.165) is 11.1 Å². The second-order valence-corrected chi connectivity index (χ2v) is 4.04. The number of carbonyl (C=O) groups excluding carboxylic acids is 1. The molecular formula is C14H12N2O3. The van der Waals surface area contributed by atoms with Crippen LogP contribution in [0.1, 0.15) is 6.92 Å². The SMILES string of the molecule is CC(=O)Nc1ccc(-c2ccccc2)cc1[N+](=O)[O-]. The fourth-order valence-electron chi connectivity index (χ4n) is 1.79. The summed E-state index contributed by atoms with van der Waals surface area (Å²) in [5, 5.41) is 13.5. The van der Waals surface area contributed by atoms with Crippen LogP contribution in [-0.2, 0) is 4.79 Å². The van der Waals surface area contributed by atoms with Crippen LogP contribution < -0.4 is 5.32 Å². The van der Waals surface area contributed by atoms with Crippen LogP contribution in [0, 0.1) is 10.1 Å². The summed E-state index contributed by atoms with van der Waals surface area (Å²) in [6, 6.07) is 14.1. The zero-order valence-corrected chi connectivity index (χ0v) is 10.3. The Hall–Kier alpha value is -2.69. The van der Waals surface area contributed by atoms with Crippen molar-refractivity contribution in [2.24, 2.45) is 0 Å². The number of nitro benzene ring substituents is 1. The molecule has 0 unspecified atom stereocenters. The minimum Gasteiger partial charge on any atom is -0.321 e. The predicted molar refractivity (Wildman–Crippen MR) is 72.8 cm³/mol. The first kappa shape index (κ1) is 12.8. The summed E-state index contributed by atoms with van der Waals surface area (Å²) in [6.45, 7) is 1.31. The second kappa shape index (κ2) is 5.30. The third kappa shape index (κ3) is 2.95. The van der Waals surface area contributed by atoms with Gasteiger partial charge in [-0.2, -0.15) is 0 Å². The van der Waals surface area contributed by atoms with E-state index >= 15 is 0 Å². The highest BCUT2D eigenvalue weighted by Gasteiger charge is 2.15. The number of nitrogens with one attached hydrogen (secondary N) is 1. The van der Waals surface area contributed by atoms with Crippen molar-refractivity contribution in [3.8, 4) is 11.1 Å². The first-order chi connectivity index (χ1) is 9.08. The number of amides is 1. The number of nitrogens with zero attached hydrogens (tertiary/aromatic N) is 1. The number of anilines is 1. The monoisotopic (exact) mass is 256 g/mol. The molecule has 0 aromatic heterocycles. The zero-order valence-electron chi connectivity index (χ0n) is 10.3. The highest BCUT2D eigenvalue weighted by Crippen LogP contribution is 2.30. The van der Waals surface area contributed by atoms with E-state index in [4.69, 9.17) is 0 Å². The van der Waals surface area contributed by atoms with Gasteiger partial charge in [-0.1, -0.05) is 36.4 Å². The lowest BCUT2D eigenvalue weighted by molar-refractivity contribution is -0.383. The molecule has 5 nitrogen and oxygen atoms in total. The molecule has 96 valence electrons. The molecule has 1 amide bonds. The van der Waals surface area contributed by atoms with Crippen LogP contribution in [0.3, 0.4) is 0 Å². The summed E-state index contributed by atoms with van der Waals surface area (Å²) in [5.74, 6) is -0.337. The Balaban J connectivity index is 2.48. The number of hydrogen-bond donors (Lipinski definition) is 1. The molecule has 0 fully saturated rings. The largest absolute Gasteiger partial charge is 0.321 e.